The number of H-pyrrole nitrogens is 1. The molecule has 0 aliphatic carbocycles. The SMILES string of the molecule is CC1(C)O[C@@H]2[C@H](O1)[C@@H](COP(=O)(OCCCCCCOc1cccc3ccccc13)C(C)(C)C)O[C@H]2n1ccc(=O)[nH]c1=O. The maximum absolute atomic E-state index is 14.0. The molecule has 0 bridgehead atoms. The first-order valence-electron chi connectivity index (χ1n) is 15.2. The Balaban J connectivity index is 1.11. The van der Waals surface area contributed by atoms with E-state index in [0.717, 1.165) is 42.2 Å². The minimum Gasteiger partial charge on any atom is -0.493 e. The predicted octanol–water partition coefficient (Wildman–Crippen LogP) is 5.77. The van der Waals surface area contributed by atoms with E-state index in [-0.39, 0.29) is 6.61 Å². The summed E-state index contributed by atoms with van der Waals surface area (Å²) >= 11 is 0. The van der Waals surface area contributed by atoms with Crippen LogP contribution >= 0.6 is 7.60 Å². The summed E-state index contributed by atoms with van der Waals surface area (Å²) in [4.78, 5) is 26.3. The van der Waals surface area contributed by atoms with E-state index in [0.29, 0.717) is 13.2 Å². The molecule has 1 N–H and O–H groups in total. The zero-order valence-corrected chi connectivity index (χ0v) is 26.9. The molecule has 0 amide bonds. The van der Waals surface area contributed by atoms with Gasteiger partial charge in [0, 0.05) is 17.6 Å². The lowest BCUT2D eigenvalue weighted by Gasteiger charge is -2.31. The molecular formula is C32H43N2O9P. The molecule has 3 heterocycles. The normalized spacial score (nSPS) is 24.3. The molecule has 1 unspecified atom stereocenters. The summed E-state index contributed by atoms with van der Waals surface area (Å²) in [6, 6.07) is 15.5. The molecule has 2 aliphatic rings. The first-order valence-corrected chi connectivity index (χ1v) is 16.7. The summed E-state index contributed by atoms with van der Waals surface area (Å²) in [5.74, 6) is -0.0339. The van der Waals surface area contributed by atoms with Crippen LogP contribution in [0.5, 0.6) is 5.75 Å². The van der Waals surface area contributed by atoms with Gasteiger partial charge in [0.05, 0.1) is 25.0 Å². The number of ether oxygens (including phenoxy) is 4. The molecular weight excluding hydrogens is 587 g/mol. The van der Waals surface area contributed by atoms with Crippen molar-refractivity contribution in [3.8, 4) is 5.75 Å². The van der Waals surface area contributed by atoms with E-state index in [4.69, 9.17) is 28.0 Å². The van der Waals surface area contributed by atoms with Crippen LogP contribution in [0, 0.1) is 0 Å². The Morgan fingerprint density at radius 2 is 1.61 bits per heavy atom. The van der Waals surface area contributed by atoms with Gasteiger partial charge in [-0.1, -0.05) is 42.8 Å². The fraction of sp³-hybridized carbons (Fsp3) is 0.562. The Labute approximate surface area is 257 Å². The summed E-state index contributed by atoms with van der Waals surface area (Å²) < 4.78 is 51.5. The van der Waals surface area contributed by atoms with E-state index >= 15 is 0 Å². The number of benzene rings is 2. The lowest BCUT2D eigenvalue weighted by atomic mass is 10.1. The summed E-state index contributed by atoms with van der Waals surface area (Å²) in [6.07, 6.45) is 2.06. The first kappa shape index (κ1) is 32.6. The van der Waals surface area contributed by atoms with Crippen molar-refractivity contribution in [1.82, 2.24) is 9.55 Å². The summed E-state index contributed by atoms with van der Waals surface area (Å²) in [7, 11) is -3.57. The van der Waals surface area contributed by atoms with Crippen LogP contribution in [0.1, 0.15) is 66.5 Å². The van der Waals surface area contributed by atoms with Crippen LogP contribution in [-0.4, -0.2) is 58.6 Å². The number of aromatic amines is 1. The highest BCUT2D eigenvalue weighted by Gasteiger charge is 2.57. The second kappa shape index (κ2) is 13.3. The second-order valence-corrected chi connectivity index (χ2v) is 15.5. The lowest BCUT2D eigenvalue weighted by Crippen LogP contribution is -2.37. The summed E-state index contributed by atoms with van der Waals surface area (Å²) in [5.41, 5.74) is -1.14. The Morgan fingerprint density at radius 3 is 2.36 bits per heavy atom. The highest BCUT2D eigenvalue weighted by atomic mass is 31.2. The summed E-state index contributed by atoms with van der Waals surface area (Å²) in [5, 5.41) is 1.49. The van der Waals surface area contributed by atoms with Gasteiger partial charge in [0.1, 0.15) is 24.1 Å². The summed E-state index contributed by atoms with van der Waals surface area (Å²) in [6.45, 7) is 9.82. The average Bonchev–Trinajstić information content (AvgIpc) is 3.45. The quantitative estimate of drug-likeness (QED) is 0.185. The predicted molar refractivity (Wildman–Crippen MR) is 166 cm³/mol. The molecule has 2 aliphatic heterocycles. The van der Waals surface area contributed by atoms with Gasteiger partial charge in [-0.3, -0.25) is 18.9 Å². The highest BCUT2D eigenvalue weighted by Crippen LogP contribution is 2.60. The van der Waals surface area contributed by atoms with E-state index in [9.17, 15) is 14.2 Å². The Hall–Kier alpha value is -2.79. The number of nitrogens with zero attached hydrogens (tertiary/aromatic N) is 1. The minimum absolute atomic E-state index is 0.0880. The molecule has 5 atom stereocenters. The third kappa shape index (κ3) is 7.36. The molecule has 3 aromatic rings. The number of nitrogens with one attached hydrogen (secondary N) is 1. The third-order valence-electron chi connectivity index (χ3n) is 7.79. The smallest absolute Gasteiger partial charge is 0.335 e. The fourth-order valence-electron chi connectivity index (χ4n) is 5.49. The van der Waals surface area contributed by atoms with Gasteiger partial charge in [-0.2, -0.15) is 0 Å². The van der Waals surface area contributed by atoms with Crippen LogP contribution in [0.4, 0.5) is 0 Å². The molecule has 1 aromatic heterocycles. The van der Waals surface area contributed by atoms with Crippen LogP contribution in [0.3, 0.4) is 0 Å². The molecule has 0 radical (unpaired) electrons. The molecule has 0 saturated carbocycles. The molecule has 11 nitrogen and oxygen atoms in total. The van der Waals surface area contributed by atoms with Crippen molar-refractivity contribution in [2.24, 2.45) is 0 Å². The molecule has 5 rings (SSSR count). The lowest BCUT2D eigenvalue weighted by molar-refractivity contribution is -0.200. The van der Waals surface area contributed by atoms with Gasteiger partial charge in [-0.05, 0) is 65.3 Å². The largest absolute Gasteiger partial charge is 0.493 e. The van der Waals surface area contributed by atoms with Crippen molar-refractivity contribution in [2.75, 3.05) is 19.8 Å². The van der Waals surface area contributed by atoms with E-state index in [1.54, 1.807) is 13.8 Å². The van der Waals surface area contributed by atoms with Crippen molar-refractivity contribution in [2.45, 2.75) is 95.8 Å². The number of hydrogen-bond acceptors (Lipinski definition) is 9. The monoisotopic (exact) mass is 630 g/mol. The van der Waals surface area contributed by atoms with Crippen LogP contribution < -0.4 is 16.0 Å². The topological polar surface area (TPSA) is 127 Å². The van der Waals surface area contributed by atoms with Gasteiger partial charge in [0.2, 0.25) is 0 Å². The van der Waals surface area contributed by atoms with Gasteiger partial charge < -0.3 is 28.0 Å². The van der Waals surface area contributed by atoms with E-state index in [2.05, 4.69) is 23.2 Å². The van der Waals surface area contributed by atoms with E-state index in [1.807, 2.05) is 45.0 Å². The van der Waals surface area contributed by atoms with Gasteiger partial charge in [0.25, 0.3) is 5.56 Å². The van der Waals surface area contributed by atoms with Gasteiger partial charge in [-0.15, -0.1) is 0 Å². The number of unbranched alkanes of at least 4 members (excludes halogenated alkanes) is 3. The fourth-order valence-corrected chi connectivity index (χ4v) is 7.05. The Kier molecular flexibility index (Phi) is 9.84. The van der Waals surface area contributed by atoms with Crippen LogP contribution in [0.25, 0.3) is 10.8 Å². The minimum atomic E-state index is -3.57. The number of aromatic nitrogens is 2. The maximum atomic E-state index is 14.0. The van der Waals surface area contributed by atoms with Crippen LogP contribution in [0.15, 0.2) is 64.3 Å². The molecule has 44 heavy (non-hydrogen) atoms. The molecule has 2 saturated heterocycles. The third-order valence-corrected chi connectivity index (χ3v) is 10.4. The van der Waals surface area contributed by atoms with Crippen LogP contribution in [0.2, 0.25) is 0 Å². The van der Waals surface area contributed by atoms with E-state index in [1.165, 1.54) is 16.8 Å². The number of hydrogen-bond donors (Lipinski definition) is 1. The Bertz CT molecular complexity index is 1590. The zero-order valence-electron chi connectivity index (χ0n) is 26.0. The zero-order chi connectivity index (χ0) is 31.5. The van der Waals surface area contributed by atoms with E-state index < -0.39 is 54.3 Å². The highest BCUT2D eigenvalue weighted by molar-refractivity contribution is 7.55. The van der Waals surface area contributed by atoms with Crippen molar-refractivity contribution in [3.63, 3.8) is 0 Å². The van der Waals surface area contributed by atoms with Gasteiger partial charge in [-0.25, -0.2) is 4.79 Å². The molecule has 12 heteroatoms. The van der Waals surface area contributed by atoms with Gasteiger partial charge >= 0.3 is 13.3 Å². The second-order valence-electron chi connectivity index (χ2n) is 12.7. The van der Waals surface area contributed by atoms with Crippen molar-refractivity contribution in [3.05, 3.63) is 75.6 Å². The molecule has 2 fully saturated rings. The number of fused-ring (bicyclic) bond motifs is 2. The average molecular weight is 631 g/mol. The molecule has 240 valence electrons. The molecule has 2 aromatic carbocycles. The van der Waals surface area contributed by atoms with Crippen LogP contribution in [-0.2, 0) is 27.8 Å². The van der Waals surface area contributed by atoms with Crippen molar-refractivity contribution < 1.29 is 32.6 Å². The van der Waals surface area contributed by atoms with Crippen molar-refractivity contribution >= 4 is 18.4 Å². The maximum Gasteiger partial charge on any atom is 0.335 e. The number of rotatable bonds is 13. The standard InChI is InChI=1S/C32H43N2O9P/c1-31(2,3)44(37,39-20-11-7-6-10-19-38-24-16-12-14-22-13-8-9-15-23(22)24)40-21-25-27-28(43-32(4,5)42-27)29(41-25)34-18-17-26(35)33-30(34)36/h8-9,12-18,25,27-29H,6-7,10-11,19-21H2,1-5H3,(H,33,35,36)/t25-,27-,28-,29-,44?/m1/s1. The molecule has 0 spiro atoms. The first-order chi connectivity index (χ1) is 20.9. The Morgan fingerprint density at radius 1 is 0.909 bits per heavy atom. The van der Waals surface area contributed by atoms with Gasteiger partial charge in [0.15, 0.2) is 12.0 Å². The van der Waals surface area contributed by atoms with Crippen molar-refractivity contribution in [1.29, 1.82) is 0 Å².